The number of epoxide rings is 1. The van der Waals surface area contributed by atoms with Gasteiger partial charge in [0.15, 0.2) is 5.78 Å². The molecule has 1 saturated heterocycles. The fourth-order valence-corrected chi connectivity index (χ4v) is 3.09. The van der Waals surface area contributed by atoms with Crippen molar-refractivity contribution in [2.75, 3.05) is 0 Å². The maximum atomic E-state index is 11.3. The molecule has 12 heavy (non-hydrogen) atoms. The monoisotopic (exact) mass is 168 g/mol. The normalized spacial score (nSPS) is 61.7. The minimum atomic E-state index is -0.339. The van der Waals surface area contributed by atoms with Crippen LogP contribution in [0.2, 0.25) is 0 Å². The van der Waals surface area contributed by atoms with E-state index in [1.54, 1.807) is 0 Å². The molecule has 4 atom stereocenters. The Morgan fingerprint density at radius 3 is 3.00 bits per heavy atom. The summed E-state index contributed by atoms with van der Waals surface area (Å²) in [4.78, 5) is 11.3. The van der Waals surface area contributed by atoms with E-state index in [0.29, 0.717) is 6.42 Å². The maximum Gasteiger partial charge on any atom is 0.165 e. The van der Waals surface area contributed by atoms with Crippen molar-refractivity contribution in [1.82, 2.24) is 0 Å². The van der Waals surface area contributed by atoms with Crippen LogP contribution in [-0.4, -0.2) is 28.7 Å². The highest BCUT2D eigenvalue weighted by molar-refractivity contribution is 5.92. The lowest BCUT2D eigenvalue weighted by Crippen LogP contribution is -2.35. The van der Waals surface area contributed by atoms with Gasteiger partial charge in [-0.05, 0) is 12.8 Å². The average Bonchev–Trinajstić information content (AvgIpc) is 2.64. The van der Waals surface area contributed by atoms with Gasteiger partial charge in [0.2, 0.25) is 0 Å². The number of Topliss-reactive ketones (excluding diaryl/α,β-unsaturated/α-hetero) is 1. The lowest BCUT2D eigenvalue weighted by atomic mass is 9.80. The first kappa shape index (κ1) is 7.04. The van der Waals surface area contributed by atoms with E-state index in [4.69, 9.17) is 4.74 Å². The van der Waals surface area contributed by atoms with Crippen LogP contribution in [0.3, 0.4) is 0 Å². The fraction of sp³-hybridized carbons (Fsp3) is 0.889. The predicted octanol–water partition coefficient (Wildman–Crippen LogP) is 0.258. The van der Waals surface area contributed by atoms with Crippen molar-refractivity contribution in [2.45, 2.75) is 44.0 Å². The number of carbonyl (C=O) groups is 1. The van der Waals surface area contributed by atoms with Crippen LogP contribution in [0.5, 0.6) is 0 Å². The van der Waals surface area contributed by atoms with Crippen LogP contribution in [0.15, 0.2) is 0 Å². The van der Waals surface area contributed by atoms with E-state index in [1.807, 2.05) is 6.92 Å². The molecule has 0 aromatic carbocycles. The summed E-state index contributed by atoms with van der Waals surface area (Å²) in [5, 5.41) is 9.74. The van der Waals surface area contributed by atoms with Crippen molar-refractivity contribution in [3.8, 4) is 0 Å². The molecule has 1 N–H and O–H groups in total. The molecule has 0 aromatic heterocycles. The molecule has 0 amide bonds. The first-order chi connectivity index (χ1) is 5.60. The van der Waals surface area contributed by atoms with Crippen LogP contribution in [0.1, 0.15) is 26.2 Å². The van der Waals surface area contributed by atoms with E-state index in [2.05, 4.69) is 0 Å². The Hall–Kier alpha value is -0.410. The zero-order valence-electron chi connectivity index (χ0n) is 7.04. The Kier molecular flexibility index (Phi) is 0.945. The first-order valence-corrected chi connectivity index (χ1v) is 4.49. The Balaban J connectivity index is 2.09. The van der Waals surface area contributed by atoms with Crippen molar-refractivity contribution in [3.05, 3.63) is 0 Å². The average molecular weight is 168 g/mol. The molecule has 3 fully saturated rings. The molecule has 1 spiro atoms. The lowest BCUT2D eigenvalue weighted by Gasteiger charge is -2.27. The van der Waals surface area contributed by atoms with Crippen LogP contribution in [0, 0.1) is 5.41 Å². The molecular weight excluding hydrogens is 156 g/mol. The second-order valence-electron chi connectivity index (χ2n) is 4.50. The van der Waals surface area contributed by atoms with Gasteiger partial charge in [0.25, 0.3) is 0 Å². The Morgan fingerprint density at radius 2 is 2.42 bits per heavy atom. The summed E-state index contributed by atoms with van der Waals surface area (Å²) < 4.78 is 5.44. The third kappa shape index (κ3) is 0.475. The van der Waals surface area contributed by atoms with Crippen LogP contribution in [0.4, 0.5) is 0 Å². The van der Waals surface area contributed by atoms with Gasteiger partial charge in [-0.3, -0.25) is 4.79 Å². The molecular formula is C9H12O3. The van der Waals surface area contributed by atoms with Gasteiger partial charge in [-0.2, -0.15) is 0 Å². The van der Waals surface area contributed by atoms with Crippen molar-refractivity contribution >= 4 is 5.78 Å². The summed E-state index contributed by atoms with van der Waals surface area (Å²) in [6.45, 7) is 1.98. The van der Waals surface area contributed by atoms with Crippen LogP contribution in [-0.2, 0) is 9.53 Å². The molecule has 0 radical (unpaired) electrons. The number of ketones is 1. The highest BCUT2D eigenvalue weighted by atomic mass is 16.6. The minimum Gasteiger partial charge on any atom is -0.392 e. The fourth-order valence-electron chi connectivity index (χ4n) is 3.09. The summed E-state index contributed by atoms with van der Waals surface area (Å²) >= 11 is 0. The van der Waals surface area contributed by atoms with E-state index < -0.39 is 0 Å². The number of rotatable bonds is 0. The van der Waals surface area contributed by atoms with Crippen LogP contribution >= 0.6 is 0 Å². The molecule has 2 saturated carbocycles. The Morgan fingerprint density at radius 1 is 1.67 bits per heavy atom. The van der Waals surface area contributed by atoms with Crippen LogP contribution < -0.4 is 0 Å². The van der Waals surface area contributed by atoms with E-state index in [1.165, 1.54) is 0 Å². The highest BCUT2D eigenvalue weighted by Crippen LogP contribution is 2.67. The van der Waals surface area contributed by atoms with Crippen molar-refractivity contribution in [1.29, 1.82) is 0 Å². The summed E-state index contributed by atoms with van der Waals surface area (Å²) in [7, 11) is 0. The van der Waals surface area contributed by atoms with E-state index in [0.717, 1.165) is 12.8 Å². The number of ether oxygens (including phenoxy) is 1. The predicted molar refractivity (Wildman–Crippen MR) is 40.6 cm³/mol. The van der Waals surface area contributed by atoms with Gasteiger partial charge in [-0.1, -0.05) is 6.92 Å². The quantitative estimate of drug-likeness (QED) is 0.528. The number of hydrogen-bond donors (Lipinski definition) is 1. The third-order valence-corrected chi connectivity index (χ3v) is 4.02. The summed E-state index contributed by atoms with van der Waals surface area (Å²) in [6.07, 6.45) is 1.66. The minimum absolute atomic E-state index is 0.167. The van der Waals surface area contributed by atoms with Gasteiger partial charge in [-0.25, -0.2) is 0 Å². The topological polar surface area (TPSA) is 49.8 Å². The van der Waals surface area contributed by atoms with E-state index in [-0.39, 0.29) is 29.0 Å². The Labute approximate surface area is 70.7 Å². The molecule has 2 aliphatic carbocycles. The molecule has 3 rings (SSSR count). The molecule has 66 valence electrons. The van der Waals surface area contributed by atoms with Gasteiger partial charge >= 0.3 is 0 Å². The van der Waals surface area contributed by atoms with E-state index in [9.17, 15) is 9.90 Å². The summed E-state index contributed by atoms with van der Waals surface area (Å²) in [6, 6.07) is 0. The number of aliphatic hydroxyl groups is 1. The SMILES string of the molecule is CC12CC(=O)C3OC31CCC2O. The van der Waals surface area contributed by atoms with Gasteiger partial charge in [0.1, 0.15) is 11.7 Å². The zero-order valence-corrected chi connectivity index (χ0v) is 7.04. The van der Waals surface area contributed by atoms with E-state index >= 15 is 0 Å². The van der Waals surface area contributed by atoms with Gasteiger partial charge < -0.3 is 9.84 Å². The lowest BCUT2D eigenvalue weighted by molar-refractivity contribution is -0.123. The number of hydrogen-bond acceptors (Lipinski definition) is 3. The third-order valence-electron chi connectivity index (χ3n) is 4.02. The largest absolute Gasteiger partial charge is 0.392 e. The zero-order chi connectivity index (χ0) is 8.56. The van der Waals surface area contributed by atoms with Gasteiger partial charge in [0.05, 0.1) is 6.10 Å². The van der Waals surface area contributed by atoms with Crippen molar-refractivity contribution < 1.29 is 14.6 Å². The Bertz CT molecular complexity index is 275. The second kappa shape index (κ2) is 1.61. The van der Waals surface area contributed by atoms with Crippen molar-refractivity contribution in [2.24, 2.45) is 5.41 Å². The molecule has 3 nitrogen and oxygen atoms in total. The van der Waals surface area contributed by atoms with Gasteiger partial charge in [0, 0.05) is 11.8 Å². The van der Waals surface area contributed by atoms with Crippen LogP contribution in [0.25, 0.3) is 0 Å². The van der Waals surface area contributed by atoms with Crippen molar-refractivity contribution in [3.63, 3.8) is 0 Å². The molecule has 1 aliphatic heterocycles. The second-order valence-corrected chi connectivity index (χ2v) is 4.50. The number of aliphatic hydroxyl groups excluding tert-OH is 1. The molecule has 4 unspecified atom stereocenters. The molecule has 0 aromatic rings. The molecule has 3 aliphatic rings. The summed E-state index contributed by atoms with van der Waals surface area (Å²) in [5.41, 5.74) is -0.516. The highest BCUT2D eigenvalue weighted by Gasteiger charge is 2.79. The van der Waals surface area contributed by atoms with Gasteiger partial charge in [-0.15, -0.1) is 0 Å². The smallest absolute Gasteiger partial charge is 0.165 e. The maximum absolute atomic E-state index is 11.3. The first-order valence-electron chi connectivity index (χ1n) is 4.49. The summed E-state index contributed by atoms with van der Waals surface area (Å²) in [5.74, 6) is 0.191. The number of carbonyl (C=O) groups excluding carboxylic acids is 1. The standard InChI is InChI=1S/C9H12O3/c1-8-4-5(10)7-9(8,12-7)3-2-6(8)11/h6-7,11H,2-4H2,1H3. The molecule has 3 heteroatoms. The molecule has 0 bridgehead atoms. The molecule has 1 heterocycles.